The molecule has 2 heterocycles. The van der Waals surface area contributed by atoms with Crippen molar-refractivity contribution in [3.8, 4) is 17.5 Å². The van der Waals surface area contributed by atoms with Crippen LogP contribution in [0.2, 0.25) is 0 Å². The smallest absolute Gasteiger partial charge is 0.321 e. The molecule has 144 valence electrons. The summed E-state index contributed by atoms with van der Waals surface area (Å²) in [7, 11) is 1.40. The van der Waals surface area contributed by atoms with Gasteiger partial charge in [-0.2, -0.15) is 5.26 Å². The number of carbonyl (C=O) groups excluding carboxylic acids is 1. The Balaban J connectivity index is 1.95. The highest BCUT2D eigenvalue weighted by molar-refractivity contribution is 8.01. The first-order valence-corrected chi connectivity index (χ1v) is 9.76. The molecule has 0 saturated heterocycles. The first-order valence-electron chi connectivity index (χ1n) is 8.94. The Hall–Kier alpha value is -2.78. The van der Waals surface area contributed by atoms with Crippen molar-refractivity contribution in [3.05, 3.63) is 48.2 Å². The molecule has 0 aliphatic rings. The number of nitrogens with zero attached hydrogens (tertiary/aromatic N) is 2. The van der Waals surface area contributed by atoms with Crippen molar-refractivity contribution >= 4 is 28.6 Å². The van der Waals surface area contributed by atoms with Crippen molar-refractivity contribution in [3.63, 3.8) is 0 Å². The largest absolute Gasteiger partial charge is 0.468 e. The standard InChI is InChI=1S/C22H23N3O2S/c1-21(2,13-23)15-8-9-24-18(12-15)19-11-14-10-16(6-7-17(14)25-19)28-22(3,4)20(26)27-5/h6-12,25H,1-5H3. The summed E-state index contributed by atoms with van der Waals surface area (Å²) in [5.74, 6) is -0.256. The number of methoxy groups -OCH3 is 1. The van der Waals surface area contributed by atoms with E-state index in [1.165, 1.54) is 18.9 Å². The molecule has 28 heavy (non-hydrogen) atoms. The van der Waals surface area contributed by atoms with Gasteiger partial charge in [-0.1, -0.05) is 0 Å². The second-order valence-corrected chi connectivity index (χ2v) is 9.40. The molecule has 0 aliphatic heterocycles. The van der Waals surface area contributed by atoms with E-state index in [-0.39, 0.29) is 5.97 Å². The Bertz CT molecular complexity index is 1080. The summed E-state index contributed by atoms with van der Waals surface area (Å²) in [4.78, 5) is 20.8. The SMILES string of the molecule is COC(=O)C(C)(C)Sc1ccc2[nH]c(-c3cc(C(C)(C)C#N)ccn3)cc2c1. The van der Waals surface area contributed by atoms with Crippen molar-refractivity contribution in [1.29, 1.82) is 5.26 Å². The minimum atomic E-state index is -0.666. The number of carbonyl (C=O) groups is 1. The molecule has 3 rings (SSSR count). The number of ether oxygens (including phenoxy) is 1. The maximum absolute atomic E-state index is 11.9. The summed E-state index contributed by atoms with van der Waals surface area (Å²) in [6.45, 7) is 7.49. The Morgan fingerprint density at radius 2 is 1.93 bits per heavy atom. The second-order valence-electron chi connectivity index (χ2n) is 7.70. The van der Waals surface area contributed by atoms with Crippen molar-refractivity contribution in [2.45, 2.75) is 42.8 Å². The highest BCUT2D eigenvalue weighted by Gasteiger charge is 2.30. The van der Waals surface area contributed by atoms with Gasteiger partial charge >= 0.3 is 5.97 Å². The quantitative estimate of drug-likeness (QED) is 0.483. The number of fused-ring (bicyclic) bond motifs is 1. The lowest BCUT2D eigenvalue weighted by atomic mass is 9.86. The molecule has 0 amide bonds. The number of hydrogen-bond donors (Lipinski definition) is 1. The predicted molar refractivity (Wildman–Crippen MR) is 112 cm³/mol. The van der Waals surface area contributed by atoms with Crippen molar-refractivity contribution < 1.29 is 9.53 Å². The number of aromatic nitrogens is 2. The number of esters is 1. The number of pyridine rings is 1. The molecule has 1 aromatic carbocycles. The summed E-state index contributed by atoms with van der Waals surface area (Å²) in [5.41, 5.74) is 3.02. The van der Waals surface area contributed by atoms with Crippen LogP contribution in [0.4, 0.5) is 0 Å². The van der Waals surface area contributed by atoms with Crippen LogP contribution in [0.15, 0.2) is 47.5 Å². The average Bonchev–Trinajstić information content (AvgIpc) is 3.10. The van der Waals surface area contributed by atoms with Gasteiger partial charge in [-0.3, -0.25) is 9.78 Å². The van der Waals surface area contributed by atoms with Gasteiger partial charge in [-0.15, -0.1) is 11.8 Å². The minimum absolute atomic E-state index is 0.256. The van der Waals surface area contributed by atoms with E-state index in [1.807, 2.05) is 64.1 Å². The van der Waals surface area contributed by atoms with E-state index in [9.17, 15) is 10.1 Å². The second kappa shape index (κ2) is 7.33. The van der Waals surface area contributed by atoms with Gasteiger partial charge < -0.3 is 9.72 Å². The van der Waals surface area contributed by atoms with Gasteiger partial charge in [0.15, 0.2) is 0 Å². The zero-order valence-corrected chi connectivity index (χ0v) is 17.5. The third kappa shape index (κ3) is 3.90. The Labute approximate surface area is 169 Å². The molecule has 0 saturated carbocycles. The fourth-order valence-electron chi connectivity index (χ4n) is 2.93. The van der Waals surface area contributed by atoms with Crippen LogP contribution in [-0.4, -0.2) is 27.8 Å². The highest BCUT2D eigenvalue weighted by atomic mass is 32.2. The first-order chi connectivity index (χ1) is 13.2. The number of aromatic amines is 1. The molecule has 0 fully saturated rings. The normalized spacial score (nSPS) is 12.0. The van der Waals surface area contributed by atoms with E-state index < -0.39 is 10.2 Å². The fourth-order valence-corrected chi connectivity index (χ4v) is 4.00. The molecule has 0 radical (unpaired) electrons. The molecule has 2 aromatic heterocycles. The summed E-state index contributed by atoms with van der Waals surface area (Å²) < 4.78 is 4.22. The van der Waals surface area contributed by atoms with Crippen molar-refractivity contribution in [2.75, 3.05) is 7.11 Å². The Morgan fingerprint density at radius 1 is 1.18 bits per heavy atom. The van der Waals surface area contributed by atoms with Crippen molar-refractivity contribution in [2.24, 2.45) is 0 Å². The molecule has 0 atom stereocenters. The molecule has 3 aromatic rings. The molecule has 6 heteroatoms. The van der Waals surface area contributed by atoms with Gasteiger partial charge in [0.25, 0.3) is 0 Å². The van der Waals surface area contributed by atoms with E-state index in [0.717, 1.165) is 32.7 Å². The lowest BCUT2D eigenvalue weighted by Crippen LogP contribution is -2.28. The average molecular weight is 394 g/mol. The van der Waals surface area contributed by atoms with Crippen LogP contribution < -0.4 is 0 Å². The highest BCUT2D eigenvalue weighted by Crippen LogP contribution is 2.36. The lowest BCUT2D eigenvalue weighted by Gasteiger charge is -2.20. The third-order valence-corrected chi connectivity index (χ3v) is 5.85. The van der Waals surface area contributed by atoms with Crippen LogP contribution in [0.1, 0.15) is 33.3 Å². The van der Waals surface area contributed by atoms with Crippen molar-refractivity contribution in [1.82, 2.24) is 9.97 Å². The molecule has 0 bridgehead atoms. The maximum Gasteiger partial charge on any atom is 0.321 e. The van der Waals surface area contributed by atoms with E-state index in [0.29, 0.717) is 0 Å². The van der Waals surface area contributed by atoms with Crippen LogP contribution in [0, 0.1) is 11.3 Å². The number of nitrogens with one attached hydrogen (secondary N) is 1. The van der Waals surface area contributed by atoms with E-state index in [2.05, 4.69) is 16.0 Å². The topological polar surface area (TPSA) is 78.8 Å². The van der Waals surface area contributed by atoms with Gasteiger partial charge in [0.1, 0.15) is 4.75 Å². The fraction of sp³-hybridized carbons (Fsp3) is 0.318. The molecule has 5 nitrogen and oxygen atoms in total. The van der Waals surface area contributed by atoms with Crippen LogP contribution in [0.3, 0.4) is 0 Å². The van der Waals surface area contributed by atoms with E-state index in [1.54, 1.807) is 6.20 Å². The zero-order chi connectivity index (χ0) is 20.5. The van der Waals surface area contributed by atoms with E-state index in [4.69, 9.17) is 4.74 Å². The molecule has 0 unspecified atom stereocenters. The summed E-state index contributed by atoms with van der Waals surface area (Å²) in [6, 6.07) is 14.2. The van der Waals surface area contributed by atoms with Gasteiger partial charge in [0.05, 0.1) is 30.0 Å². The molecule has 0 spiro atoms. The number of H-pyrrole nitrogens is 1. The Kier molecular flexibility index (Phi) is 5.22. The number of nitriles is 1. The van der Waals surface area contributed by atoms with Gasteiger partial charge in [0.2, 0.25) is 0 Å². The van der Waals surface area contributed by atoms with Gasteiger partial charge in [0, 0.05) is 22.0 Å². The monoisotopic (exact) mass is 393 g/mol. The van der Waals surface area contributed by atoms with Crippen LogP contribution in [0.25, 0.3) is 22.3 Å². The van der Waals surface area contributed by atoms with Gasteiger partial charge in [-0.05, 0) is 69.7 Å². The summed E-state index contributed by atoms with van der Waals surface area (Å²) in [6.07, 6.45) is 1.73. The molecule has 1 N–H and O–H groups in total. The first kappa shape index (κ1) is 20.0. The third-order valence-electron chi connectivity index (χ3n) is 4.68. The molecular weight excluding hydrogens is 370 g/mol. The molecular formula is C22H23N3O2S. The lowest BCUT2D eigenvalue weighted by molar-refractivity contribution is -0.142. The summed E-state index contributed by atoms with van der Waals surface area (Å²) >= 11 is 1.47. The van der Waals surface area contributed by atoms with Crippen LogP contribution in [-0.2, 0) is 14.9 Å². The van der Waals surface area contributed by atoms with Gasteiger partial charge in [-0.25, -0.2) is 0 Å². The predicted octanol–water partition coefficient (Wildman–Crippen LogP) is 5.07. The number of thioether (sulfide) groups is 1. The maximum atomic E-state index is 11.9. The molecule has 0 aliphatic carbocycles. The number of rotatable bonds is 5. The Morgan fingerprint density at radius 3 is 2.61 bits per heavy atom. The summed E-state index contributed by atoms with van der Waals surface area (Å²) in [5, 5.41) is 10.4. The minimum Gasteiger partial charge on any atom is -0.468 e. The van der Waals surface area contributed by atoms with E-state index >= 15 is 0 Å². The van der Waals surface area contributed by atoms with Crippen LogP contribution >= 0.6 is 11.8 Å². The number of hydrogen-bond acceptors (Lipinski definition) is 5. The zero-order valence-electron chi connectivity index (χ0n) is 16.7. The van der Waals surface area contributed by atoms with Crippen LogP contribution in [0.5, 0.6) is 0 Å². The number of benzene rings is 1.